The Bertz CT molecular complexity index is 1450. The van der Waals surface area contributed by atoms with Crippen LogP contribution in [0.3, 0.4) is 0 Å². The first kappa shape index (κ1) is 39.0. The molecule has 1 heterocycles. The van der Waals surface area contributed by atoms with E-state index in [1.54, 1.807) is 12.1 Å². The highest BCUT2D eigenvalue weighted by Crippen LogP contribution is 2.32. The number of alkyl carbamates (subject to hydrolysis) is 1. The van der Waals surface area contributed by atoms with Crippen LogP contribution < -0.4 is 10.0 Å². The van der Waals surface area contributed by atoms with Crippen LogP contribution in [-0.4, -0.2) is 48.7 Å². The van der Waals surface area contributed by atoms with Crippen molar-refractivity contribution in [1.29, 1.82) is 5.26 Å². The van der Waals surface area contributed by atoms with E-state index in [0.29, 0.717) is 22.5 Å². The van der Waals surface area contributed by atoms with E-state index in [1.807, 2.05) is 101 Å². The van der Waals surface area contributed by atoms with E-state index < -0.39 is 5.60 Å². The van der Waals surface area contributed by atoms with Gasteiger partial charge in [0.05, 0.1) is 18.2 Å². The molecule has 2 amide bonds. The van der Waals surface area contributed by atoms with Crippen LogP contribution in [0.4, 0.5) is 4.79 Å². The minimum atomic E-state index is -0.491. The van der Waals surface area contributed by atoms with Crippen molar-refractivity contribution in [3.05, 3.63) is 87.9 Å². The predicted molar refractivity (Wildman–Crippen MR) is 191 cm³/mol. The van der Waals surface area contributed by atoms with Crippen LogP contribution in [0.5, 0.6) is 0 Å². The minimum Gasteiger partial charge on any atom is -0.444 e. The zero-order valence-corrected chi connectivity index (χ0v) is 30.0. The Balaban J connectivity index is 0.000000569. The van der Waals surface area contributed by atoms with E-state index in [1.165, 1.54) is 11.9 Å². The number of aryl methyl sites for hydroxylation is 1. The lowest BCUT2D eigenvalue weighted by atomic mass is 9.93. The van der Waals surface area contributed by atoms with Gasteiger partial charge in [-0.25, -0.2) is 4.79 Å². The second kappa shape index (κ2) is 20.1. The fourth-order valence-corrected chi connectivity index (χ4v) is 5.83. The summed E-state index contributed by atoms with van der Waals surface area (Å²) in [5.41, 5.74) is 3.28. The number of benzene rings is 3. The molecule has 46 heavy (non-hydrogen) atoms. The number of halogens is 2. The molecule has 248 valence electrons. The monoisotopic (exact) mass is 684 g/mol. The van der Waals surface area contributed by atoms with Crippen LogP contribution in [0, 0.1) is 24.2 Å². The van der Waals surface area contributed by atoms with E-state index in [2.05, 4.69) is 16.1 Å². The number of amides is 2. The van der Waals surface area contributed by atoms with Crippen LogP contribution in [0.2, 0.25) is 10.0 Å². The molecular formula is C36H46Cl2N4O3S. The zero-order chi connectivity index (χ0) is 34.1. The summed E-state index contributed by atoms with van der Waals surface area (Å²) in [5.74, 6) is 0.596. The smallest absolute Gasteiger partial charge is 0.407 e. The number of nitriles is 1. The number of piperidine rings is 1. The molecule has 0 atom stereocenters. The van der Waals surface area contributed by atoms with Crippen LogP contribution in [0.15, 0.2) is 71.6 Å². The summed E-state index contributed by atoms with van der Waals surface area (Å²) in [6, 6.07) is 23.0. The summed E-state index contributed by atoms with van der Waals surface area (Å²) < 4.78 is 8.45. The van der Waals surface area contributed by atoms with Crippen molar-refractivity contribution in [2.75, 3.05) is 26.2 Å². The number of nitrogens with one attached hydrogen (secondary N) is 2. The van der Waals surface area contributed by atoms with Gasteiger partial charge in [-0.3, -0.25) is 9.52 Å². The number of hydrogen-bond acceptors (Lipinski definition) is 6. The number of carbonyl (C=O) groups is 2. The zero-order valence-electron chi connectivity index (χ0n) is 27.7. The standard InChI is InChI=1S/C26H33Cl2N3O3S.C8H7N.C2H6/c1-26(2,3)34-25(33)29-12-9-18-10-13-31(14-11-18)24(32)17-30-35-21-6-4-5-19(15-21)22-8-7-20(27)16-23(22)28;1-7-3-2-4-8(5-7)6-9;1-2/h4-8,15-16,18,30H,9-14,17H2,1-3H3,(H,29,33);2-5H,1H3;1-2H3. The first-order chi connectivity index (χ1) is 21.9. The topological polar surface area (TPSA) is 94.5 Å². The molecule has 4 rings (SSSR count). The highest BCUT2D eigenvalue weighted by molar-refractivity contribution is 7.97. The Morgan fingerprint density at radius 2 is 1.72 bits per heavy atom. The molecule has 0 unspecified atom stereocenters. The molecule has 0 aliphatic carbocycles. The van der Waals surface area contributed by atoms with Crippen molar-refractivity contribution >= 4 is 47.2 Å². The van der Waals surface area contributed by atoms with Gasteiger partial charge < -0.3 is 15.0 Å². The molecule has 1 saturated heterocycles. The number of rotatable bonds is 8. The third kappa shape index (κ3) is 14.5. The van der Waals surface area contributed by atoms with Gasteiger partial charge in [0.2, 0.25) is 5.91 Å². The highest BCUT2D eigenvalue weighted by Gasteiger charge is 2.23. The van der Waals surface area contributed by atoms with E-state index in [-0.39, 0.29) is 18.5 Å². The molecule has 3 aromatic rings. The van der Waals surface area contributed by atoms with Crippen molar-refractivity contribution in [3.8, 4) is 17.2 Å². The quantitative estimate of drug-likeness (QED) is 0.230. The molecule has 2 N–H and O–H groups in total. The van der Waals surface area contributed by atoms with E-state index in [0.717, 1.165) is 59.5 Å². The molecule has 1 fully saturated rings. The number of likely N-dealkylation sites (tertiary alicyclic amines) is 1. The summed E-state index contributed by atoms with van der Waals surface area (Å²) in [6.45, 7) is 13.9. The second-order valence-electron chi connectivity index (χ2n) is 11.6. The molecule has 0 aromatic heterocycles. The highest BCUT2D eigenvalue weighted by atomic mass is 35.5. The van der Waals surface area contributed by atoms with Crippen LogP contribution in [-0.2, 0) is 9.53 Å². The number of ether oxygens (including phenoxy) is 1. The van der Waals surface area contributed by atoms with Crippen molar-refractivity contribution < 1.29 is 14.3 Å². The molecular weight excluding hydrogens is 639 g/mol. The van der Waals surface area contributed by atoms with E-state index in [4.69, 9.17) is 33.2 Å². The number of hydrogen-bond donors (Lipinski definition) is 2. The lowest BCUT2D eigenvalue weighted by molar-refractivity contribution is -0.131. The maximum absolute atomic E-state index is 12.6. The van der Waals surface area contributed by atoms with Crippen molar-refractivity contribution in [1.82, 2.24) is 14.9 Å². The van der Waals surface area contributed by atoms with E-state index >= 15 is 0 Å². The van der Waals surface area contributed by atoms with Crippen molar-refractivity contribution in [2.45, 2.75) is 71.3 Å². The summed E-state index contributed by atoms with van der Waals surface area (Å²) in [6.07, 6.45) is 2.40. The van der Waals surface area contributed by atoms with Gasteiger partial charge in [0.15, 0.2) is 0 Å². The molecule has 10 heteroatoms. The number of carbonyl (C=O) groups excluding carboxylic acids is 2. The van der Waals surface area contributed by atoms with Gasteiger partial charge in [0, 0.05) is 40.1 Å². The fourth-order valence-electron chi connectivity index (χ4n) is 4.62. The lowest BCUT2D eigenvalue weighted by Crippen LogP contribution is -2.42. The molecule has 7 nitrogen and oxygen atoms in total. The van der Waals surface area contributed by atoms with Gasteiger partial charge in [-0.05, 0) is 112 Å². The molecule has 3 aromatic carbocycles. The third-order valence-electron chi connectivity index (χ3n) is 6.82. The predicted octanol–water partition coefficient (Wildman–Crippen LogP) is 9.30. The van der Waals surface area contributed by atoms with Crippen LogP contribution in [0.1, 0.15) is 65.0 Å². The average Bonchev–Trinajstić information content (AvgIpc) is 3.02. The minimum absolute atomic E-state index is 0.0970. The van der Waals surface area contributed by atoms with Gasteiger partial charge in [-0.2, -0.15) is 5.26 Å². The SMILES string of the molecule is CC.CC(C)(C)OC(=O)NCCC1CCN(C(=O)CNSc2cccc(-c3ccc(Cl)cc3Cl)c2)CC1.Cc1cccc(C#N)c1. The summed E-state index contributed by atoms with van der Waals surface area (Å²) in [4.78, 5) is 27.3. The Labute approximate surface area is 289 Å². The molecule has 0 radical (unpaired) electrons. The maximum Gasteiger partial charge on any atom is 0.407 e. The second-order valence-corrected chi connectivity index (χ2v) is 13.4. The lowest BCUT2D eigenvalue weighted by Gasteiger charge is -2.32. The van der Waals surface area contributed by atoms with Gasteiger partial charge in [-0.1, -0.05) is 67.4 Å². The molecule has 1 aliphatic rings. The van der Waals surface area contributed by atoms with Crippen molar-refractivity contribution in [3.63, 3.8) is 0 Å². The average molecular weight is 686 g/mol. The Morgan fingerprint density at radius 1 is 1.02 bits per heavy atom. The molecule has 0 bridgehead atoms. The first-order valence-electron chi connectivity index (χ1n) is 15.6. The number of nitrogens with zero attached hydrogens (tertiary/aromatic N) is 2. The van der Waals surface area contributed by atoms with Gasteiger partial charge in [0.25, 0.3) is 0 Å². The molecule has 0 spiro atoms. The summed E-state index contributed by atoms with van der Waals surface area (Å²) in [5, 5.41) is 12.4. The summed E-state index contributed by atoms with van der Waals surface area (Å²) >= 11 is 13.8. The van der Waals surface area contributed by atoms with E-state index in [9.17, 15) is 9.59 Å². The van der Waals surface area contributed by atoms with Crippen LogP contribution in [0.25, 0.3) is 11.1 Å². The third-order valence-corrected chi connectivity index (χ3v) is 8.15. The van der Waals surface area contributed by atoms with Crippen molar-refractivity contribution in [2.24, 2.45) is 5.92 Å². The Hall–Kier alpha value is -3.22. The normalized spacial score (nSPS) is 12.9. The largest absolute Gasteiger partial charge is 0.444 e. The molecule has 0 saturated carbocycles. The fraction of sp³-hybridized carbons (Fsp3) is 0.417. The van der Waals surface area contributed by atoms with Gasteiger partial charge in [-0.15, -0.1) is 0 Å². The van der Waals surface area contributed by atoms with Gasteiger partial charge >= 0.3 is 6.09 Å². The molecule has 1 aliphatic heterocycles. The van der Waals surface area contributed by atoms with Crippen LogP contribution >= 0.6 is 35.1 Å². The van der Waals surface area contributed by atoms with Gasteiger partial charge in [0.1, 0.15) is 5.60 Å². The Morgan fingerprint density at radius 3 is 2.33 bits per heavy atom. The summed E-state index contributed by atoms with van der Waals surface area (Å²) in [7, 11) is 0. The maximum atomic E-state index is 12.6. The Kier molecular flexibility index (Phi) is 17.0. The first-order valence-corrected chi connectivity index (χ1v) is 17.2.